The molecule has 8 heteroatoms. The molecule has 1 aromatic heterocycles. The fourth-order valence-corrected chi connectivity index (χ4v) is 1.74. The molecule has 0 aliphatic rings. The van der Waals surface area contributed by atoms with Crippen LogP contribution >= 0.6 is 0 Å². The van der Waals surface area contributed by atoms with Gasteiger partial charge in [0.25, 0.3) is 5.91 Å². The Bertz CT molecular complexity index is 498. The van der Waals surface area contributed by atoms with Crippen LogP contribution in [0.4, 0.5) is 5.69 Å². The fourth-order valence-electron chi connectivity index (χ4n) is 1.74. The van der Waals surface area contributed by atoms with E-state index in [2.05, 4.69) is 10.4 Å². The highest BCUT2D eigenvalue weighted by atomic mass is 16.5. The first kappa shape index (κ1) is 16.0. The fraction of sp³-hybridized carbons (Fsp3) is 0.583. The van der Waals surface area contributed by atoms with E-state index in [1.165, 1.54) is 9.58 Å². The number of hydrogen-bond donors (Lipinski definition) is 2. The molecular formula is C12H21N5O3. The molecule has 8 nitrogen and oxygen atoms in total. The summed E-state index contributed by atoms with van der Waals surface area (Å²) in [4.78, 5) is 25.2. The molecule has 0 radical (unpaired) electrons. The van der Waals surface area contributed by atoms with Crippen molar-refractivity contribution in [3.63, 3.8) is 0 Å². The van der Waals surface area contributed by atoms with Crippen molar-refractivity contribution in [2.75, 3.05) is 39.6 Å². The highest BCUT2D eigenvalue weighted by molar-refractivity contribution is 5.99. The van der Waals surface area contributed by atoms with Crippen molar-refractivity contribution >= 4 is 17.5 Å². The van der Waals surface area contributed by atoms with Crippen molar-refractivity contribution in [1.29, 1.82) is 0 Å². The molecule has 0 aliphatic carbocycles. The Morgan fingerprint density at radius 2 is 2.15 bits per heavy atom. The normalized spacial score (nSPS) is 10.4. The van der Waals surface area contributed by atoms with Gasteiger partial charge in [-0.25, -0.2) is 0 Å². The molecule has 2 amide bonds. The number of nitrogens with two attached hydrogens (primary N) is 1. The maximum absolute atomic E-state index is 12.2. The Hall–Kier alpha value is -2.09. The Morgan fingerprint density at radius 3 is 2.65 bits per heavy atom. The number of amides is 2. The Kier molecular flexibility index (Phi) is 5.51. The molecule has 3 N–H and O–H groups in total. The molecule has 0 spiro atoms. The van der Waals surface area contributed by atoms with E-state index in [0.717, 1.165) is 0 Å². The SMILES string of the molecule is COCCNC(=O)CN(C)C(=O)c1c(N)c(C)nn1C. The Labute approximate surface area is 117 Å². The quantitative estimate of drug-likeness (QED) is 0.662. The van der Waals surface area contributed by atoms with Crippen LogP contribution in [0.5, 0.6) is 0 Å². The number of carbonyl (C=O) groups is 2. The molecule has 0 aromatic carbocycles. The number of hydrogen-bond acceptors (Lipinski definition) is 5. The van der Waals surface area contributed by atoms with Crippen LogP contribution in [0.1, 0.15) is 16.2 Å². The van der Waals surface area contributed by atoms with Crippen LogP contribution in [0.3, 0.4) is 0 Å². The number of likely N-dealkylation sites (N-methyl/N-ethyl adjacent to an activating group) is 1. The van der Waals surface area contributed by atoms with Crippen molar-refractivity contribution in [2.45, 2.75) is 6.92 Å². The number of methoxy groups -OCH3 is 1. The summed E-state index contributed by atoms with van der Waals surface area (Å²) in [7, 11) is 4.73. The van der Waals surface area contributed by atoms with E-state index < -0.39 is 0 Å². The van der Waals surface area contributed by atoms with Crippen LogP contribution in [0.2, 0.25) is 0 Å². The lowest BCUT2D eigenvalue weighted by Crippen LogP contribution is -2.40. The van der Waals surface area contributed by atoms with Gasteiger partial charge in [0.15, 0.2) is 0 Å². The van der Waals surface area contributed by atoms with Gasteiger partial charge in [0.2, 0.25) is 5.91 Å². The van der Waals surface area contributed by atoms with Gasteiger partial charge in [0.05, 0.1) is 24.5 Å². The van der Waals surface area contributed by atoms with E-state index in [0.29, 0.717) is 24.5 Å². The highest BCUT2D eigenvalue weighted by Gasteiger charge is 2.22. The van der Waals surface area contributed by atoms with Gasteiger partial charge in [-0.1, -0.05) is 0 Å². The molecule has 1 aromatic rings. The molecule has 1 rings (SSSR count). The summed E-state index contributed by atoms with van der Waals surface area (Å²) in [5.41, 5.74) is 7.04. The lowest BCUT2D eigenvalue weighted by molar-refractivity contribution is -0.121. The van der Waals surface area contributed by atoms with Gasteiger partial charge < -0.3 is 20.7 Å². The third-order valence-electron chi connectivity index (χ3n) is 2.83. The van der Waals surface area contributed by atoms with Crippen LogP contribution in [0.25, 0.3) is 0 Å². The topological polar surface area (TPSA) is 102 Å². The third-order valence-corrected chi connectivity index (χ3v) is 2.83. The second-order valence-electron chi connectivity index (χ2n) is 4.48. The van der Waals surface area contributed by atoms with E-state index in [1.54, 1.807) is 28.1 Å². The predicted molar refractivity (Wildman–Crippen MR) is 74.2 cm³/mol. The largest absolute Gasteiger partial charge is 0.395 e. The number of aryl methyl sites for hydroxylation is 2. The summed E-state index contributed by atoms with van der Waals surface area (Å²) in [6, 6.07) is 0. The zero-order valence-corrected chi connectivity index (χ0v) is 12.3. The van der Waals surface area contributed by atoms with Gasteiger partial charge in [-0.15, -0.1) is 0 Å². The average molecular weight is 283 g/mol. The summed E-state index contributed by atoms with van der Waals surface area (Å²) in [5.74, 6) is -0.595. The van der Waals surface area contributed by atoms with Crippen molar-refractivity contribution in [3.05, 3.63) is 11.4 Å². The number of nitrogen functional groups attached to an aromatic ring is 1. The molecule has 20 heavy (non-hydrogen) atoms. The Morgan fingerprint density at radius 1 is 1.50 bits per heavy atom. The molecule has 0 unspecified atom stereocenters. The van der Waals surface area contributed by atoms with Crippen molar-refractivity contribution in [3.8, 4) is 0 Å². The molecule has 0 atom stereocenters. The molecule has 0 bridgehead atoms. The molecular weight excluding hydrogens is 262 g/mol. The van der Waals surface area contributed by atoms with Crippen LogP contribution < -0.4 is 11.1 Å². The zero-order chi connectivity index (χ0) is 15.3. The molecule has 1 heterocycles. The standard InChI is InChI=1S/C12H21N5O3/c1-8-10(13)11(17(3)15-8)12(19)16(2)7-9(18)14-5-6-20-4/h5-7,13H2,1-4H3,(H,14,18). The minimum atomic E-state index is -0.340. The van der Waals surface area contributed by atoms with Gasteiger partial charge in [-0.3, -0.25) is 14.3 Å². The number of carbonyl (C=O) groups excluding carboxylic acids is 2. The predicted octanol–water partition coefficient (Wildman–Crippen LogP) is -0.855. The lowest BCUT2D eigenvalue weighted by atomic mass is 10.2. The average Bonchev–Trinajstić information content (AvgIpc) is 2.62. The summed E-state index contributed by atoms with van der Waals surface area (Å²) >= 11 is 0. The smallest absolute Gasteiger partial charge is 0.274 e. The van der Waals surface area contributed by atoms with Crippen LogP contribution in [-0.4, -0.2) is 60.3 Å². The van der Waals surface area contributed by atoms with Gasteiger partial charge in [-0.2, -0.15) is 5.10 Å². The maximum atomic E-state index is 12.2. The maximum Gasteiger partial charge on any atom is 0.274 e. The molecule has 0 aliphatic heterocycles. The van der Waals surface area contributed by atoms with Crippen LogP contribution in [0.15, 0.2) is 0 Å². The van der Waals surface area contributed by atoms with Gasteiger partial charge in [0.1, 0.15) is 5.69 Å². The Balaban J connectivity index is 2.65. The first-order valence-corrected chi connectivity index (χ1v) is 6.18. The van der Waals surface area contributed by atoms with Crippen LogP contribution in [0, 0.1) is 6.92 Å². The number of nitrogens with zero attached hydrogens (tertiary/aromatic N) is 3. The summed E-state index contributed by atoms with van der Waals surface area (Å²) in [5, 5.41) is 6.72. The summed E-state index contributed by atoms with van der Waals surface area (Å²) < 4.78 is 6.25. The lowest BCUT2D eigenvalue weighted by Gasteiger charge is -2.17. The summed E-state index contributed by atoms with van der Waals surface area (Å²) in [6.45, 7) is 2.51. The van der Waals surface area contributed by atoms with Gasteiger partial charge >= 0.3 is 0 Å². The van der Waals surface area contributed by atoms with Crippen molar-refractivity contribution in [1.82, 2.24) is 20.0 Å². The monoisotopic (exact) mass is 283 g/mol. The van der Waals surface area contributed by atoms with Crippen LogP contribution in [-0.2, 0) is 16.6 Å². The molecule has 0 fully saturated rings. The van der Waals surface area contributed by atoms with E-state index in [4.69, 9.17) is 10.5 Å². The number of aromatic nitrogens is 2. The zero-order valence-electron chi connectivity index (χ0n) is 12.3. The van der Waals surface area contributed by atoms with Gasteiger partial charge in [-0.05, 0) is 6.92 Å². The minimum absolute atomic E-state index is 0.0494. The van der Waals surface area contributed by atoms with E-state index >= 15 is 0 Å². The summed E-state index contributed by atoms with van der Waals surface area (Å²) in [6.07, 6.45) is 0. The third kappa shape index (κ3) is 3.70. The van der Waals surface area contributed by atoms with Crippen molar-refractivity contribution < 1.29 is 14.3 Å². The first-order valence-electron chi connectivity index (χ1n) is 6.18. The first-order chi connectivity index (χ1) is 9.38. The molecule has 0 saturated heterocycles. The van der Waals surface area contributed by atoms with E-state index in [-0.39, 0.29) is 24.1 Å². The minimum Gasteiger partial charge on any atom is -0.395 e. The highest BCUT2D eigenvalue weighted by Crippen LogP contribution is 2.16. The number of ether oxygens (including phenoxy) is 1. The van der Waals surface area contributed by atoms with Gasteiger partial charge in [0, 0.05) is 27.7 Å². The van der Waals surface area contributed by atoms with E-state index in [1.807, 2.05) is 0 Å². The second-order valence-corrected chi connectivity index (χ2v) is 4.48. The molecule has 0 saturated carbocycles. The number of rotatable bonds is 6. The molecule has 112 valence electrons. The van der Waals surface area contributed by atoms with E-state index in [9.17, 15) is 9.59 Å². The number of nitrogens with one attached hydrogen (secondary N) is 1. The number of anilines is 1. The van der Waals surface area contributed by atoms with Crippen molar-refractivity contribution in [2.24, 2.45) is 7.05 Å². The second kappa shape index (κ2) is 6.90.